The van der Waals surface area contributed by atoms with Gasteiger partial charge in [0.25, 0.3) is 0 Å². The van der Waals surface area contributed by atoms with Gasteiger partial charge in [0.2, 0.25) is 5.95 Å². The Morgan fingerprint density at radius 1 is 1.21 bits per heavy atom. The minimum atomic E-state index is 0.658. The van der Waals surface area contributed by atoms with Gasteiger partial charge < -0.3 is 10.6 Å². The second kappa shape index (κ2) is 6.43. The zero-order valence-electron chi connectivity index (χ0n) is 11.4. The second-order valence-electron chi connectivity index (χ2n) is 4.11. The van der Waals surface area contributed by atoms with Crippen molar-refractivity contribution in [2.45, 2.75) is 18.7 Å². The van der Waals surface area contributed by atoms with Crippen molar-refractivity contribution in [1.29, 1.82) is 0 Å². The fraction of sp³-hybridized carbons (Fsp3) is 0.286. The van der Waals surface area contributed by atoms with E-state index in [1.165, 1.54) is 4.90 Å². The standard InChI is InChI=1S/C14H18N4S/c1-4-15-14-16-10(2)8-13(18-14)17-11-6-5-7-12(9-11)19-3/h5-9H,4H2,1-3H3,(H2,15,16,17,18). The van der Waals surface area contributed by atoms with Crippen LogP contribution in [-0.4, -0.2) is 22.8 Å². The summed E-state index contributed by atoms with van der Waals surface area (Å²) in [6, 6.07) is 10.2. The van der Waals surface area contributed by atoms with Crippen molar-refractivity contribution in [2.75, 3.05) is 23.4 Å². The molecule has 0 saturated carbocycles. The fourth-order valence-corrected chi connectivity index (χ4v) is 2.18. The van der Waals surface area contributed by atoms with E-state index in [1.54, 1.807) is 11.8 Å². The normalized spacial score (nSPS) is 10.3. The van der Waals surface area contributed by atoms with Crippen LogP contribution < -0.4 is 10.6 Å². The van der Waals surface area contributed by atoms with Gasteiger partial charge in [0.1, 0.15) is 5.82 Å². The molecule has 1 aromatic heterocycles. The van der Waals surface area contributed by atoms with Crippen LogP contribution in [0, 0.1) is 6.92 Å². The van der Waals surface area contributed by atoms with Crippen molar-refractivity contribution < 1.29 is 0 Å². The number of anilines is 3. The van der Waals surface area contributed by atoms with Gasteiger partial charge in [0, 0.05) is 28.9 Å². The minimum Gasteiger partial charge on any atom is -0.354 e. The first kappa shape index (κ1) is 13.7. The molecule has 4 nitrogen and oxygen atoms in total. The highest BCUT2D eigenvalue weighted by Crippen LogP contribution is 2.22. The molecular weight excluding hydrogens is 256 g/mol. The molecule has 0 aliphatic rings. The van der Waals surface area contributed by atoms with Crippen LogP contribution in [0.2, 0.25) is 0 Å². The molecule has 0 radical (unpaired) electrons. The number of hydrogen-bond donors (Lipinski definition) is 2. The average Bonchev–Trinajstić information content (AvgIpc) is 2.38. The first-order chi connectivity index (χ1) is 9.21. The van der Waals surface area contributed by atoms with E-state index in [0.717, 1.165) is 23.7 Å². The van der Waals surface area contributed by atoms with E-state index in [9.17, 15) is 0 Å². The maximum atomic E-state index is 4.43. The number of aryl methyl sites for hydroxylation is 1. The molecule has 0 atom stereocenters. The summed E-state index contributed by atoms with van der Waals surface area (Å²) in [5, 5.41) is 6.44. The smallest absolute Gasteiger partial charge is 0.224 e. The van der Waals surface area contributed by atoms with E-state index < -0.39 is 0 Å². The predicted molar refractivity (Wildman–Crippen MR) is 82.4 cm³/mol. The minimum absolute atomic E-state index is 0.658. The molecule has 1 heterocycles. The molecule has 1 aromatic carbocycles. The van der Waals surface area contributed by atoms with Crippen LogP contribution in [0.15, 0.2) is 35.2 Å². The van der Waals surface area contributed by atoms with Gasteiger partial charge in [-0.2, -0.15) is 4.98 Å². The Bertz CT molecular complexity index is 557. The maximum Gasteiger partial charge on any atom is 0.224 e. The number of thioether (sulfide) groups is 1. The van der Waals surface area contributed by atoms with E-state index in [1.807, 2.05) is 32.0 Å². The van der Waals surface area contributed by atoms with Gasteiger partial charge in [0.15, 0.2) is 0 Å². The van der Waals surface area contributed by atoms with Gasteiger partial charge in [-0.3, -0.25) is 0 Å². The number of hydrogen-bond acceptors (Lipinski definition) is 5. The van der Waals surface area contributed by atoms with Crippen molar-refractivity contribution >= 4 is 29.2 Å². The Balaban J connectivity index is 2.22. The summed E-state index contributed by atoms with van der Waals surface area (Å²) in [5.41, 5.74) is 1.97. The van der Waals surface area contributed by atoms with Gasteiger partial charge in [-0.15, -0.1) is 11.8 Å². The summed E-state index contributed by atoms with van der Waals surface area (Å²) < 4.78 is 0. The Labute approximate surface area is 118 Å². The summed E-state index contributed by atoms with van der Waals surface area (Å²) in [6.45, 7) is 4.80. The van der Waals surface area contributed by atoms with Crippen molar-refractivity contribution in [3.8, 4) is 0 Å². The number of aromatic nitrogens is 2. The third-order valence-electron chi connectivity index (χ3n) is 2.53. The highest BCUT2D eigenvalue weighted by Gasteiger charge is 2.02. The lowest BCUT2D eigenvalue weighted by atomic mass is 10.3. The molecule has 2 rings (SSSR count). The lowest BCUT2D eigenvalue weighted by Gasteiger charge is -2.09. The lowest BCUT2D eigenvalue weighted by Crippen LogP contribution is -2.05. The van der Waals surface area contributed by atoms with Crippen LogP contribution in [-0.2, 0) is 0 Å². The molecule has 0 bridgehead atoms. The van der Waals surface area contributed by atoms with E-state index in [2.05, 4.69) is 39.0 Å². The zero-order valence-corrected chi connectivity index (χ0v) is 12.2. The first-order valence-electron chi connectivity index (χ1n) is 6.22. The summed E-state index contributed by atoms with van der Waals surface area (Å²) in [6.07, 6.45) is 2.07. The Morgan fingerprint density at radius 3 is 2.79 bits per heavy atom. The number of rotatable bonds is 5. The third kappa shape index (κ3) is 3.86. The second-order valence-corrected chi connectivity index (χ2v) is 4.99. The SMILES string of the molecule is CCNc1nc(C)cc(Nc2cccc(SC)c2)n1. The monoisotopic (exact) mass is 274 g/mol. The molecule has 100 valence electrons. The van der Waals surface area contributed by atoms with Crippen molar-refractivity contribution in [3.63, 3.8) is 0 Å². The highest BCUT2D eigenvalue weighted by molar-refractivity contribution is 7.98. The number of nitrogens with one attached hydrogen (secondary N) is 2. The molecule has 0 unspecified atom stereocenters. The van der Waals surface area contributed by atoms with Crippen LogP contribution in [0.3, 0.4) is 0 Å². The summed E-state index contributed by atoms with van der Waals surface area (Å²) in [4.78, 5) is 9.99. The fourth-order valence-electron chi connectivity index (χ4n) is 1.72. The summed E-state index contributed by atoms with van der Waals surface area (Å²) >= 11 is 1.72. The Kier molecular flexibility index (Phi) is 4.63. The molecule has 2 N–H and O–H groups in total. The third-order valence-corrected chi connectivity index (χ3v) is 3.26. The van der Waals surface area contributed by atoms with E-state index >= 15 is 0 Å². The summed E-state index contributed by atoms with van der Waals surface area (Å²) in [7, 11) is 0. The molecule has 0 saturated heterocycles. The Morgan fingerprint density at radius 2 is 2.05 bits per heavy atom. The molecule has 0 amide bonds. The van der Waals surface area contributed by atoms with Crippen molar-refractivity contribution in [1.82, 2.24) is 9.97 Å². The molecule has 0 aliphatic heterocycles. The van der Waals surface area contributed by atoms with Gasteiger partial charge in [-0.25, -0.2) is 4.98 Å². The topological polar surface area (TPSA) is 49.8 Å². The van der Waals surface area contributed by atoms with Crippen LogP contribution >= 0.6 is 11.8 Å². The van der Waals surface area contributed by atoms with Gasteiger partial charge in [0.05, 0.1) is 0 Å². The highest BCUT2D eigenvalue weighted by atomic mass is 32.2. The molecule has 0 fully saturated rings. The Hall–Kier alpha value is -1.75. The van der Waals surface area contributed by atoms with E-state index in [-0.39, 0.29) is 0 Å². The van der Waals surface area contributed by atoms with Gasteiger partial charge in [-0.1, -0.05) is 6.07 Å². The van der Waals surface area contributed by atoms with Gasteiger partial charge >= 0.3 is 0 Å². The largest absolute Gasteiger partial charge is 0.354 e. The van der Waals surface area contributed by atoms with E-state index in [4.69, 9.17) is 0 Å². The summed E-state index contributed by atoms with van der Waals surface area (Å²) in [5.74, 6) is 1.47. The van der Waals surface area contributed by atoms with Gasteiger partial charge in [-0.05, 0) is 38.3 Å². The molecule has 5 heteroatoms. The quantitative estimate of drug-likeness (QED) is 0.814. The predicted octanol–water partition coefficient (Wildman–Crippen LogP) is 3.68. The molecular formula is C14H18N4S. The van der Waals surface area contributed by atoms with Crippen LogP contribution in [0.25, 0.3) is 0 Å². The number of nitrogens with zero attached hydrogens (tertiary/aromatic N) is 2. The first-order valence-corrected chi connectivity index (χ1v) is 7.44. The molecule has 0 aliphatic carbocycles. The number of benzene rings is 1. The van der Waals surface area contributed by atoms with E-state index in [0.29, 0.717) is 5.95 Å². The van der Waals surface area contributed by atoms with Crippen LogP contribution in [0.1, 0.15) is 12.6 Å². The van der Waals surface area contributed by atoms with Crippen molar-refractivity contribution in [2.24, 2.45) is 0 Å². The van der Waals surface area contributed by atoms with Crippen molar-refractivity contribution in [3.05, 3.63) is 36.0 Å². The van der Waals surface area contributed by atoms with Crippen LogP contribution in [0.4, 0.5) is 17.5 Å². The average molecular weight is 274 g/mol. The molecule has 0 spiro atoms. The zero-order chi connectivity index (χ0) is 13.7. The molecule has 19 heavy (non-hydrogen) atoms. The maximum absolute atomic E-state index is 4.43. The lowest BCUT2D eigenvalue weighted by molar-refractivity contribution is 1.05. The van der Waals surface area contributed by atoms with Crippen LogP contribution in [0.5, 0.6) is 0 Å². The molecule has 2 aromatic rings.